The zero-order valence-corrected chi connectivity index (χ0v) is 17.9. The van der Waals surface area contributed by atoms with E-state index in [2.05, 4.69) is 0 Å². The lowest BCUT2D eigenvalue weighted by Gasteiger charge is -2.00. The Morgan fingerprint density at radius 1 is 0.769 bits per heavy atom. The zero-order valence-electron chi connectivity index (χ0n) is 17.9. The van der Waals surface area contributed by atoms with Crippen LogP contribution in [-0.4, -0.2) is 22.4 Å². The second-order valence-electron chi connectivity index (χ2n) is 4.50. The molecule has 0 aromatic heterocycles. The lowest BCUT2D eigenvalue weighted by Crippen LogP contribution is -1.84. The van der Waals surface area contributed by atoms with Crippen LogP contribution in [0.3, 0.4) is 0 Å². The summed E-state index contributed by atoms with van der Waals surface area (Å²) in [7, 11) is 1.58. The summed E-state index contributed by atoms with van der Waals surface area (Å²) in [6, 6.07) is 10.3. The van der Waals surface area contributed by atoms with E-state index in [4.69, 9.17) is 20.1 Å². The number of methoxy groups -OCH3 is 1. The lowest BCUT2D eigenvalue weighted by molar-refractivity contribution is 0.275. The van der Waals surface area contributed by atoms with Crippen molar-refractivity contribution in [2.75, 3.05) is 7.11 Å². The molecule has 0 amide bonds. The molecule has 0 unspecified atom stereocenters. The molecule has 4 nitrogen and oxygen atoms in total. The molecule has 26 heavy (non-hydrogen) atoms. The van der Waals surface area contributed by atoms with Crippen LogP contribution in [0.2, 0.25) is 0 Å². The van der Waals surface area contributed by atoms with Gasteiger partial charge in [0.05, 0.1) is 13.7 Å². The fourth-order valence-corrected chi connectivity index (χ4v) is 1.69. The third-order valence-electron chi connectivity index (χ3n) is 2.68. The van der Waals surface area contributed by atoms with E-state index in [0.29, 0.717) is 11.3 Å². The molecule has 0 radical (unpaired) electrons. The van der Waals surface area contributed by atoms with Gasteiger partial charge < -0.3 is 20.1 Å². The number of hydrogen-bond donors (Lipinski definition) is 3. The third-order valence-corrected chi connectivity index (χ3v) is 2.68. The van der Waals surface area contributed by atoms with Crippen LogP contribution in [0.15, 0.2) is 36.4 Å². The van der Waals surface area contributed by atoms with Gasteiger partial charge in [0.15, 0.2) is 0 Å². The first-order chi connectivity index (χ1) is 12.5. The Bertz CT molecular complexity index is 546. The van der Waals surface area contributed by atoms with Crippen LogP contribution < -0.4 is 4.74 Å². The van der Waals surface area contributed by atoms with Crippen LogP contribution in [-0.2, 0) is 6.61 Å². The smallest absolute Gasteiger partial charge is 0.122 e. The SMILES string of the molecule is CC.CC.CC.COc1cc(C)cc(O)c1.Cc1ccc(O)c(CO)c1. The Hall–Kier alpha value is -2.20. The highest BCUT2D eigenvalue weighted by molar-refractivity contribution is 5.36. The molecule has 0 spiro atoms. The summed E-state index contributed by atoms with van der Waals surface area (Å²) in [6.45, 7) is 15.7. The first-order valence-corrected chi connectivity index (χ1v) is 9.20. The first-order valence-electron chi connectivity index (χ1n) is 9.20. The van der Waals surface area contributed by atoms with E-state index in [1.54, 1.807) is 37.4 Å². The van der Waals surface area contributed by atoms with Crippen LogP contribution in [0, 0.1) is 13.8 Å². The maximum atomic E-state index is 9.07. The minimum atomic E-state index is -0.104. The molecule has 2 aromatic carbocycles. The highest BCUT2D eigenvalue weighted by atomic mass is 16.5. The van der Waals surface area contributed by atoms with E-state index < -0.39 is 0 Å². The third kappa shape index (κ3) is 13.1. The normalized spacial score (nSPS) is 8.08. The Morgan fingerprint density at radius 2 is 1.31 bits per heavy atom. The Balaban J connectivity index is -0.000000316. The summed E-state index contributed by atoms with van der Waals surface area (Å²) >= 11 is 0. The van der Waals surface area contributed by atoms with E-state index in [0.717, 1.165) is 11.1 Å². The van der Waals surface area contributed by atoms with Gasteiger partial charge in [-0.3, -0.25) is 0 Å². The average Bonchev–Trinajstić information content (AvgIpc) is 2.68. The molecule has 4 heteroatoms. The summed E-state index contributed by atoms with van der Waals surface area (Å²) < 4.78 is 4.92. The number of phenols is 2. The van der Waals surface area contributed by atoms with Crippen molar-refractivity contribution < 1.29 is 20.1 Å². The molecule has 150 valence electrons. The van der Waals surface area contributed by atoms with Crippen molar-refractivity contribution in [3.05, 3.63) is 53.1 Å². The molecule has 0 fully saturated rings. The second kappa shape index (κ2) is 19.1. The predicted molar refractivity (Wildman–Crippen MR) is 112 cm³/mol. The first kappa shape index (κ1) is 28.6. The number of hydrogen-bond acceptors (Lipinski definition) is 4. The fraction of sp³-hybridized carbons (Fsp3) is 0.455. The standard InChI is InChI=1S/2C8H10O2.3C2H6/c1-6-3-7(9)5-8(4-6)10-2;1-6-2-3-8(10)7(4-6)5-9;3*1-2/h3-5,9H,1-2H3;2-4,9-10H,5H2,1H3;3*1-2H3. The summed E-state index contributed by atoms with van der Waals surface area (Å²) in [6.07, 6.45) is 0. The molecule has 3 N–H and O–H groups in total. The minimum Gasteiger partial charge on any atom is -0.508 e. The molecule has 0 saturated heterocycles. The van der Waals surface area contributed by atoms with Crippen molar-refractivity contribution in [3.63, 3.8) is 0 Å². The molecule has 0 aliphatic heterocycles. The fourth-order valence-electron chi connectivity index (χ4n) is 1.69. The minimum absolute atomic E-state index is 0.104. The number of phenolic OH excluding ortho intramolecular Hbond substituents is 1. The van der Waals surface area contributed by atoms with Crippen LogP contribution >= 0.6 is 0 Å². The topological polar surface area (TPSA) is 69.9 Å². The van der Waals surface area contributed by atoms with E-state index in [-0.39, 0.29) is 18.1 Å². The predicted octanol–water partition coefficient (Wildman–Crippen LogP) is 5.98. The molecular weight excluding hydrogens is 328 g/mol. The van der Waals surface area contributed by atoms with E-state index in [1.807, 2.05) is 61.5 Å². The van der Waals surface area contributed by atoms with Gasteiger partial charge in [0.1, 0.15) is 17.2 Å². The average molecular weight is 367 g/mol. The molecule has 0 heterocycles. The molecule has 0 aliphatic rings. The Morgan fingerprint density at radius 3 is 1.69 bits per heavy atom. The van der Waals surface area contributed by atoms with Crippen molar-refractivity contribution in [2.45, 2.75) is 62.0 Å². The van der Waals surface area contributed by atoms with Gasteiger partial charge >= 0.3 is 0 Å². The number of aliphatic hydroxyl groups is 1. The highest BCUT2D eigenvalue weighted by Crippen LogP contribution is 2.20. The number of ether oxygens (including phenoxy) is 1. The summed E-state index contributed by atoms with van der Waals surface area (Å²) in [5, 5.41) is 26.8. The van der Waals surface area contributed by atoms with Gasteiger partial charge in [0.2, 0.25) is 0 Å². The number of aryl methyl sites for hydroxylation is 2. The van der Waals surface area contributed by atoms with Crippen molar-refractivity contribution >= 4 is 0 Å². The van der Waals surface area contributed by atoms with Gasteiger partial charge in [-0.1, -0.05) is 59.2 Å². The second-order valence-corrected chi connectivity index (χ2v) is 4.50. The quantitative estimate of drug-likeness (QED) is 0.611. The van der Waals surface area contributed by atoms with Crippen LogP contribution in [0.5, 0.6) is 17.2 Å². The van der Waals surface area contributed by atoms with Gasteiger partial charge in [-0.05, 0) is 37.6 Å². The highest BCUT2D eigenvalue weighted by Gasteiger charge is 1.97. The van der Waals surface area contributed by atoms with E-state index >= 15 is 0 Å². The van der Waals surface area contributed by atoms with Crippen molar-refractivity contribution in [2.24, 2.45) is 0 Å². The molecule has 2 rings (SSSR count). The van der Waals surface area contributed by atoms with Gasteiger partial charge in [0, 0.05) is 11.6 Å². The Kier molecular flexibility index (Phi) is 21.0. The maximum absolute atomic E-state index is 9.07. The monoisotopic (exact) mass is 366 g/mol. The molecule has 0 atom stereocenters. The summed E-state index contributed by atoms with van der Waals surface area (Å²) in [4.78, 5) is 0. The van der Waals surface area contributed by atoms with Gasteiger partial charge in [-0.25, -0.2) is 0 Å². The largest absolute Gasteiger partial charge is 0.508 e. The lowest BCUT2D eigenvalue weighted by atomic mass is 10.1. The molecule has 0 saturated carbocycles. The number of aromatic hydroxyl groups is 2. The van der Waals surface area contributed by atoms with Crippen molar-refractivity contribution in [3.8, 4) is 17.2 Å². The van der Waals surface area contributed by atoms with Crippen molar-refractivity contribution in [1.82, 2.24) is 0 Å². The van der Waals surface area contributed by atoms with Crippen LogP contribution in [0.25, 0.3) is 0 Å². The number of rotatable bonds is 2. The number of benzene rings is 2. The molecular formula is C22H38O4. The summed E-state index contributed by atoms with van der Waals surface area (Å²) in [5.41, 5.74) is 2.62. The maximum Gasteiger partial charge on any atom is 0.122 e. The van der Waals surface area contributed by atoms with Crippen LogP contribution in [0.4, 0.5) is 0 Å². The molecule has 0 bridgehead atoms. The van der Waals surface area contributed by atoms with Gasteiger partial charge in [0.25, 0.3) is 0 Å². The zero-order chi connectivity index (χ0) is 21.1. The number of aliphatic hydroxyl groups excluding tert-OH is 1. The van der Waals surface area contributed by atoms with Crippen molar-refractivity contribution in [1.29, 1.82) is 0 Å². The Labute approximate surface area is 160 Å². The summed E-state index contributed by atoms with van der Waals surface area (Å²) in [5.74, 6) is 1.10. The van der Waals surface area contributed by atoms with E-state index in [1.165, 1.54) is 0 Å². The van der Waals surface area contributed by atoms with Gasteiger partial charge in [-0.2, -0.15) is 0 Å². The van der Waals surface area contributed by atoms with E-state index in [9.17, 15) is 0 Å². The molecule has 0 aliphatic carbocycles. The van der Waals surface area contributed by atoms with Gasteiger partial charge in [-0.15, -0.1) is 0 Å². The molecule has 2 aromatic rings. The van der Waals surface area contributed by atoms with Crippen LogP contribution in [0.1, 0.15) is 58.2 Å².